The number of carbonyl (C=O) groups excluding carboxylic acids is 1. The number of ether oxygens (including phenoxy) is 2. The van der Waals surface area contributed by atoms with Crippen molar-refractivity contribution in [2.75, 3.05) is 39.5 Å². The molecule has 53 heavy (non-hydrogen) atoms. The van der Waals surface area contributed by atoms with Gasteiger partial charge in [-0.3, -0.25) is 9.69 Å². The van der Waals surface area contributed by atoms with Crippen LogP contribution in [0.1, 0.15) is 227 Å². The first-order valence-electron chi connectivity index (χ1n) is 23.9. The largest absolute Gasteiger partial charge is 0.465 e. The fourth-order valence-corrected chi connectivity index (χ4v) is 8.05. The molecule has 0 saturated carbocycles. The molecule has 0 spiro atoms. The summed E-state index contributed by atoms with van der Waals surface area (Å²) in [6, 6.07) is 0. The van der Waals surface area contributed by atoms with Crippen molar-refractivity contribution in [3.63, 3.8) is 0 Å². The van der Waals surface area contributed by atoms with Crippen molar-refractivity contribution in [3.8, 4) is 0 Å². The molecule has 1 unspecified atom stereocenters. The molecule has 1 saturated heterocycles. The molecule has 0 radical (unpaired) electrons. The van der Waals surface area contributed by atoms with Crippen molar-refractivity contribution in [1.82, 2.24) is 4.90 Å². The zero-order chi connectivity index (χ0) is 38.3. The van der Waals surface area contributed by atoms with Crippen LogP contribution in [0.3, 0.4) is 0 Å². The molecular weight excluding hydrogens is 651 g/mol. The lowest BCUT2D eigenvalue weighted by Crippen LogP contribution is -2.36. The molecule has 1 aliphatic rings. The molecule has 0 aromatic carbocycles. The molecule has 312 valence electrons. The average molecular weight is 744 g/mol. The fraction of sp³-hybridized carbons (Fsp3) is 0.898. The van der Waals surface area contributed by atoms with Crippen LogP contribution in [0.25, 0.3) is 0 Å². The molecule has 1 heterocycles. The molecule has 0 bridgehead atoms. The smallest absolute Gasteiger partial charge is 0.305 e. The Morgan fingerprint density at radius 2 is 0.906 bits per heavy atom. The van der Waals surface area contributed by atoms with Crippen LogP contribution in [0, 0.1) is 17.8 Å². The van der Waals surface area contributed by atoms with Crippen molar-refractivity contribution in [3.05, 3.63) is 24.3 Å². The maximum atomic E-state index is 11.9. The lowest BCUT2D eigenvalue weighted by Gasteiger charge is -2.27. The molecule has 1 atom stereocenters. The van der Waals surface area contributed by atoms with Gasteiger partial charge >= 0.3 is 5.97 Å². The second kappa shape index (κ2) is 39.1. The van der Waals surface area contributed by atoms with Crippen molar-refractivity contribution in [2.45, 2.75) is 227 Å². The molecule has 1 rings (SSSR count). The van der Waals surface area contributed by atoms with E-state index in [0.717, 1.165) is 70.2 Å². The minimum absolute atomic E-state index is 0.0149. The number of morpholine rings is 1. The highest BCUT2D eigenvalue weighted by Crippen LogP contribution is 2.24. The molecular formula is C49H93NO3. The normalized spacial score (nSPS) is 14.8. The quantitative estimate of drug-likeness (QED) is 0.0357. The first-order valence-corrected chi connectivity index (χ1v) is 23.9. The standard InChI is InChI=1S/C49H93NO3/c1-5-46(6-2)35-30-26-22-18-14-10-9-11-15-19-23-27-31-36-48(38-34-40-50-41-43-52-44-42-50)37-32-28-24-20-16-12-13-17-21-25-29-33-39-49(51)53-45-47(7-3)8-4/h10,14,17,21,46-48H,5-9,11-13,15-16,18-20,22-45H2,1-4H3/b14-10-,21-17-. The van der Waals surface area contributed by atoms with Gasteiger partial charge in [-0.1, -0.05) is 174 Å². The summed E-state index contributed by atoms with van der Waals surface area (Å²) in [7, 11) is 0. The summed E-state index contributed by atoms with van der Waals surface area (Å²) < 4.78 is 11.0. The van der Waals surface area contributed by atoms with Crippen LogP contribution in [0.2, 0.25) is 0 Å². The average Bonchev–Trinajstić information content (AvgIpc) is 3.18. The summed E-state index contributed by atoms with van der Waals surface area (Å²) >= 11 is 0. The van der Waals surface area contributed by atoms with Crippen LogP contribution >= 0.6 is 0 Å². The summed E-state index contributed by atoms with van der Waals surface area (Å²) in [6.45, 7) is 15.0. The Balaban J connectivity index is 2.07. The summed E-state index contributed by atoms with van der Waals surface area (Å²) in [4.78, 5) is 14.5. The van der Waals surface area contributed by atoms with Crippen LogP contribution in [0.5, 0.6) is 0 Å². The van der Waals surface area contributed by atoms with E-state index in [4.69, 9.17) is 9.47 Å². The Labute approximate surface area is 332 Å². The Bertz CT molecular complexity index is 811. The van der Waals surface area contributed by atoms with E-state index in [1.54, 1.807) is 0 Å². The first-order chi connectivity index (χ1) is 26.1. The summed E-state index contributed by atoms with van der Waals surface area (Å²) in [5.74, 6) is 2.41. The monoisotopic (exact) mass is 744 g/mol. The number of carbonyl (C=O) groups is 1. The maximum Gasteiger partial charge on any atom is 0.305 e. The molecule has 0 N–H and O–H groups in total. The molecule has 4 nitrogen and oxygen atoms in total. The first kappa shape index (κ1) is 49.9. The number of allylic oxidation sites excluding steroid dienone is 4. The van der Waals surface area contributed by atoms with Gasteiger partial charge in [-0.05, 0) is 94.9 Å². The van der Waals surface area contributed by atoms with Gasteiger partial charge in [-0.15, -0.1) is 0 Å². The highest BCUT2D eigenvalue weighted by atomic mass is 16.5. The lowest BCUT2D eigenvalue weighted by atomic mass is 9.90. The van der Waals surface area contributed by atoms with Crippen molar-refractivity contribution in [2.24, 2.45) is 17.8 Å². The Morgan fingerprint density at radius 1 is 0.509 bits per heavy atom. The summed E-state index contributed by atoms with van der Waals surface area (Å²) in [5.41, 5.74) is 0. The van der Waals surface area contributed by atoms with Gasteiger partial charge in [0.05, 0.1) is 19.8 Å². The maximum absolute atomic E-state index is 11.9. The predicted octanol–water partition coefficient (Wildman–Crippen LogP) is 15.0. The zero-order valence-corrected chi connectivity index (χ0v) is 36.4. The van der Waals surface area contributed by atoms with Gasteiger partial charge in [0.2, 0.25) is 0 Å². The highest BCUT2D eigenvalue weighted by molar-refractivity contribution is 5.69. The summed E-state index contributed by atoms with van der Waals surface area (Å²) in [5, 5.41) is 0. The Morgan fingerprint density at radius 3 is 1.40 bits per heavy atom. The number of hydrogen-bond donors (Lipinski definition) is 0. The number of unbranched alkanes of at least 4 members (excludes halogenated alkanes) is 17. The van der Waals surface area contributed by atoms with Gasteiger partial charge in [0, 0.05) is 19.5 Å². The lowest BCUT2D eigenvalue weighted by molar-refractivity contribution is -0.145. The van der Waals surface area contributed by atoms with E-state index in [0.29, 0.717) is 18.9 Å². The highest BCUT2D eigenvalue weighted by Gasteiger charge is 2.13. The molecule has 0 aromatic rings. The number of hydrogen-bond acceptors (Lipinski definition) is 4. The third kappa shape index (κ3) is 32.8. The molecule has 0 amide bonds. The Kier molecular flexibility index (Phi) is 36.8. The molecule has 1 fully saturated rings. The van der Waals surface area contributed by atoms with E-state index in [-0.39, 0.29) is 5.97 Å². The zero-order valence-electron chi connectivity index (χ0n) is 36.4. The fourth-order valence-electron chi connectivity index (χ4n) is 8.05. The van der Waals surface area contributed by atoms with Gasteiger partial charge in [-0.25, -0.2) is 0 Å². The topological polar surface area (TPSA) is 38.8 Å². The van der Waals surface area contributed by atoms with Gasteiger partial charge in [0.1, 0.15) is 0 Å². The van der Waals surface area contributed by atoms with E-state index in [1.165, 1.54) is 167 Å². The second-order valence-electron chi connectivity index (χ2n) is 16.7. The third-order valence-corrected chi connectivity index (χ3v) is 12.3. The second-order valence-corrected chi connectivity index (χ2v) is 16.7. The SMILES string of the molecule is CCC(CC)CCCCC/C=C\CCCCCCCCC(CCCCCCCC/C=C\CCCCC(=O)OCC(CC)CC)CCCN1CCOCC1. The van der Waals surface area contributed by atoms with E-state index in [9.17, 15) is 4.79 Å². The van der Waals surface area contributed by atoms with Crippen molar-refractivity contribution >= 4 is 5.97 Å². The van der Waals surface area contributed by atoms with Crippen molar-refractivity contribution in [1.29, 1.82) is 0 Å². The molecule has 1 aliphatic heterocycles. The van der Waals surface area contributed by atoms with E-state index < -0.39 is 0 Å². The van der Waals surface area contributed by atoms with Crippen LogP contribution in [0.15, 0.2) is 24.3 Å². The Hall–Kier alpha value is -1.13. The number of esters is 1. The van der Waals surface area contributed by atoms with E-state index >= 15 is 0 Å². The van der Waals surface area contributed by atoms with Gasteiger partial charge < -0.3 is 9.47 Å². The van der Waals surface area contributed by atoms with Gasteiger partial charge in [0.25, 0.3) is 0 Å². The van der Waals surface area contributed by atoms with Gasteiger partial charge in [-0.2, -0.15) is 0 Å². The van der Waals surface area contributed by atoms with E-state index in [1.807, 2.05) is 0 Å². The third-order valence-electron chi connectivity index (χ3n) is 12.3. The van der Waals surface area contributed by atoms with Crippen LogP contribution in [-0.4, -0.2) is 50.3 Å². The van der Waals surface area contributed by atoms with Crippen LogP contribution < -0.4 is 0 Å². The predicted molar refractivity (Wildman–Crippen MR) is 233 cm³/mol. The number of nitrogens with zero attached hydrogens (tertiary/aromatic N) is 1. The minimum Gasteiger partial charge on any atom is -0.465 e. The minimum atomic E-state index is -0.0149. The van der Waals surface area contributed by atoms with Crippen LogP contribution in [0.4, 0.5) is 0 Å². The van der Waals surface area contributed by atoms with Crippen LogP contribution in [-0.2, 0) is 14.3 Å². The molecule has 4 heteroatoms. The van der Waals surface area contributed by atoms with E-state index in [2.05, 4.69) is 56.9 Å². The molecule has 0 aromatic heterocycles. The summed E-state index contributed by atoms with van der Waals surface area (Å²) in [6.07, 6.45) is 50.2. The number of rotatable bonds is 39. The molecule has 0 aliphatic carbocycles. The van der Waals surface area contributed by atoms with Crippen molar-refractivity contribution < 1.29 is 14.3 Å². The van der Waals surface area contributed by atoms with Gasteiger partial charge in [0.15, 0.2) is 0 Å².